The van der Waals surface area contributed by atoms with Gasteiger partial charge < -0.3 is 5.73 Å². The second kappa shape index (κ2) is 5.87. The van der Waals surface area contributed by atoms with Gasteiger partial charge in [0.25, 0.3) is 0 Å². The Balaban J connectivity index is 2.32. The second-order valence-corrected chi connectivity index (χ2v) is 5.31. The lowest BCUT2D eigenvalue weighted by Crippen LogP contribution is -2.10. The molecule has 0 amide bonds. The van der Waals surface area contributed by atoms with Crippen molar-refractivity contribution >= 4 is 23.2 Å². The van der Waals surface area contributed by atoms with E-state index in [9.17, 15) is 0 Å². The van der Waals surface area contributed by atoms with Crippen LogP contribution < -0.4 is 5.73 Å². The Morgan fingerprint density at radius 3 is 2.42 bits per heavy atom. The molecule has 0 spiro atoms. The number of hydrogen-bond donors (Lipinski definition) is 1. The quantitative estimate of drug-likeness (QED) is 0.939. The fourth-order valence-electron chi connectivity index (χ4n) is 1.92. The van der Waals surface area contributed by atoms with Crippen LogP contribution in [0.1, 0.15) is 35.6 Å². The number of nitrogens with two attached hydrogens (primary N) is 1. The lowest BCUT2D eigenvalue weighted by molar-refractivity contribution is 0.777. The maximum absolute atomic E-state index is 6.14. The summed E-state index contributed by atoms with van der Waals surface area (Å²) >= 11 is 12.3. The van der Waals surface area contributed by atoms with Crippen LogP contribution in [0, 0.1) is 6.92 Å². The number of rotatable bonds is 3. The Morgan fingerprint density at radius 1 is 1.26 bits per heavy atom. The van der Waals surface area contributed by atoms with E-state index in [1.165, 1.54) is 0 Å². The van der Waals surface area contributed by atoms with Crippen molar-refractivity contribution in [2.24, 2.45) is 5.73 Å². The molecule has 1 unspecified atom stereocenters. The van der Waals surface area contributed by atoms with Crippen LogP contribution in [0.15, 0.2) is 24.4 Å². The summed E-state index contributed by atoms with van der Waals surface area (Å²) < 4.78 is 0. The van der Waals surface area contributed by atoms with Crippen LogP contribution in [-0.4, -0.2) is 9.97 Å². The molecule has 19 heavy (non-hydrogen) atoms. The van der Waals surface area contributed by atoms with E-state index in [0.717, 1.165) is 16.8 Å². The highest BCUT2D eigenvalue weighted by Crippen LogP contribution is 2.26. The summed E-state index contributed by atoms with van der Waals surface area (Å²) in [6, 6.07) is 5.37. The van der Waals surface area contributed by atoms with Gasteiger partial charge in [0.2, 0.25) is 0 Å². The zero-order valence-electron chi connectivity index (χ0n) is 10.8. The first-order chi connectivity index (χ1) is 8.99. The van der Waals surface area contributed by atoms with Crippen molar-refractivity contribution in [2.75, 3.05) is 0 Å². The molecule has 0 aliphatic rings. The molecule has 1 atom stereocenters. The molecule has 100 valence electrons. The molecule has 0 bridgehead atoms. The van der Waals surface area contributed by atoms with E-state index in [4.69, 9.17) is 28.9 Å². The molecule has 2 rings (SSSR count). The third-order valence-electron chi connectivity index (χ3n) is 2.95. The monoisotopic (exact) mass is 295 g/mol. The van der Waals surface area contributed by atoms with Gasteiger partial charge in [0.1, 0.15) is 5.82 Å². The van der Waals surface area contributed by atoms with Crippen LogP contribution in [0.25, 0.3) is 0 Å². The van der Waals surface area contributed by atoms with Crippen molar-refractivity contribution in [3.8, 4) is 0 Å². The minimum atomic E-state index is -0.0713. The van der Waals surface area contributed by atoms with Gasteiger partial charge >= 0.3 is 0 Å². The van der Waals surface area contributed by atoms with Crippen molar-refractivity contribution in [2.45, 2.75) is 26.3 Å². The average molecular weight is 296 g/mol. The van der Waals surface area contributed by atoms with Crippen molar-refractivity contribution in [1.29, 1.82) is 0 Å². The first-order valence-electron chi connectivity index (χ1n) is 6.00. The van der Waals surface area contributed by atoms with Crippen LogP contribution in [0.2, 0.25) is 10.0 Å². The molecule has 0 aliphatic heterocycles. The molecule has 0 saturated heterocycles. The number of aromatic nitrogens is 2. The minimum absolute atomic E-state index is 0.0713. The number of aryl methyl sites for hydroxylation is 1. The highest BCUT2D eigenvalue weighted by atomic mass is 35.5. The summed E-state index contributed by atoms with van der Waals surface area (Å²) in [6.45, 7) is 3.84. The first-order valence-corrected chi connectivity index (χ1v) is 6.75. The standard InChI is InChI=1S/C14H15Cl2N3/c1-8(17)11-7-18-14(19-9(11)2)6-10-12(15)4-3-5-13(10)16/h3-5,7-8H,6,17H2,1-2H3. The Kier molecular flexibility index (Phi) is 4.40. The maximum Gasteiger partial charge on any atom is 0.133 e. The Labute approximate surface area is 122 Å². The zero-order valence-corrected chi connectivity index (χ0v) is 12.3. The van der Waals surface area contributed by atoms with E-state index in [1.807, 2.05) is 32.0 Å². The summed E-state index contributed by atoms with van der Waals surface area (Å²) in [7, 11) is 0. The summed E-state index contributed by atoms with van der Waals surface area (Å²) in [6.07, 6.45) is 2.28. The predicted octanol–water partition coefficient (Wildman–Crippen LogP) is 3.70. The molecule has 0 aliphatic carbocycles. The molecule has 1 heterocycles. The van der Waals surface area contributed by atoms with Crippen LogP contribution in [0.4, 0.5) is 0 Å². The van der Waals surface area contributed by atoms with Gasteiger partial charge in [-0.2, -0.15) is 0 Å². The van der Waals surface area contributed by atoms with Crippen LogP contribution >= 0.6 is 23.2 Å². The highest BCUT2D eigenvalue weighted by molar-refractivity contribution is 6.36. The molecule has 0 fully saturated rings. The Bertz CT molecular complexity index is 577. The number of nitrogens with zero attached hydrogens (tertiary/aromatic N) is 2. The number of hydrogen-bond acceptors (Lipinski definition) is 3. The van der Waals surface area contributed by atoms with E-state index in [0.29, 0.717) is 22.3 Å². The topological polar surface area (TPSA) is 51.8 Å². The van der Waals surface area contributed by atoms with Crippen molar-refractivity contribution in [3.63, 3.8) is 0 Å². The number of halogens is 2. The van der Waals surface area contributed by atoms with Gasteiger partial charge in [-0.3, -0.25) is 0 Å². The molecule has 0 radical (unpaired) electrons. The third-order valence-corrected chi connectivity index (χ3v) is 3.66. The SMILES string of the molecule is Cc1nc(Cc2c(Cl)cccc2Cl)ncc1C(C)N. The van der Waals surface area contributed by atoms with E-state index in [1.54, 1.807) is 6.20 Å². The predicted molar refractivity (Wildman–Crippen MR) is 78.6 cm³/mol. The summed E-state index contributed by atoms with van der Waals surface area (Å²) in [5.41, 5.74) is 8.53. The normalized spacial score (nSPS) is 12.5. The van der Waals surface area contributed by atoms with Crippen molar-refractivity contribution in [3.05, 3.63) is 57.1 Å². The number of benzene rings is 1. The smallest absolute Gasteiger partial charge is 0.133 e. The van der Waals surface area contributed by atoms with Crippen LogP contribution in [-0.2, 0) is 6.42 Å². The maximum atomic E-state index is 6.14. The molecule has 5 heteroatoms. The molecule has 1 aromatic carbocycles. The Hall–Kier alpha value is -1.16. The molecule has 0 saturated carbocycles. The van der Waals surface area contributed by atoms with Crippen molar-refractivity contribution < 1.29 is 0 Å². The van der Waals surface area contributed by atoms with Gasteiger partial charge in [-0.05, 0) is 31.5 Å². The van der Waals surface area contributed by atoms with Gasteiger partial charge in [-0.15, -0.1) is 0 Å². The summed E-state index contributed by atoms with van der Waals surface area (Å²) in [5, 5.41) is 1.26. The average Bonchev–Trinajstić information content (AvgIpc) is 2.33. The molecule has 2 aromatic rings. The fraction of sp³-hybridized carbons (Fsp3) is 0.286. The minimum Gasteiger partial charge on any atom is -0.324 e. The van der Waals surface area contributed by atoms with Gasteiger partial charge in [-0.25, -0.2) is 9.97 Å². The molecular formula is C14H15Cl2N3. The first kappa shape index (κ1) is 14.3. The zero-order chi connectivity index (χ0) is 14.0. The van der Waals surface area contributed by atoms with Gasteiger partial charge in [-0.1, -0.05) is 29.3 Å². The molecule has 3 nitrogen and oxygen atoms in total. The van der Waals surface area contributed by atoms with E-state index >= 15 is 0 Å². The summed E-state index contributed by atoms with van der Waals surface area (Å²) in [4.78, 5) is 8.79. The fourth-order valence-corrected chi connectivity index (χ4v) is 2.45. The molecule has 1 aromatic heterocycles. The Morgan fingerprint density at radius 2 is 1.89 bits per heavy atom. The van der Waals surface area contributed by atoms with Crippen LogP contribution in [0.5, 0.6) is 0 Å². The van der Waals surface area contributed by atoms with Gasteiger partial charge in [0.05, 0.1) is 0 Å². The third kappa shape index (κ3) is 3.24. The molecular weight excluding hydrogens is 281 g/mol. The van der Waals surface area contributed by atoms with E-state index < -0.39 is 0 Å². The van der Waals surface area contributed by atoms with Gasteiger partial charge in [0.15, 0.2) is 0 Å². The van der Waals surface area contributed by atoms with E-state index in [-0.39, 0.29) is 6.04 Å². The van der Waals surface area contributed by atoms with Crippen LogP contribution in [0.3, 0.4) is 0 Å². The lowest BCUT2D eigenvalue weighted by Gasteiger charge is -2.11. The van der Waals surface area contributed by atoms with E-state index in [2.05, 4.69) is 9.97 Å². The summed E-state index contributed by atoms with van der Waals surface area (Å²) in [5.74, 6) is 0.692. The largest absolute Gasteiger partial charge is 0.324 e. The van der Waals surface area contributed by atoms with Gasteiger partial charge in [0, 0.05) is 40.0 Å². The van der Waals surface area contributed by atoms with Crippen molar-refractivity contribution in [1.82, 2.24) is 9.97 Å². The highest BCUT2D eigenvalue weighted by Gasteiger charge is 2.11. The molecule has 2 N–H and O–H groups in total. The second-order valence-electron chi connectivity index (χ2n) is 4.49. The lowest BCUT2D eigenvalue weighted by atomic mass is 10.1.